The quantitative estimate of drug-likeness (QED) is 0.562. The maximum absolute atomic E-state index is 12.1. The van der Waals surface area contributed by atoms with Crippen molar-refractivity contribution in [2.24, 2.45) is 0 Å². The third kappa shape index (κ3) is 2.86. The van der Waals surface area contributed by atoms with Crippen molar-refractivity contribution in [1.29, 1.82) is 0 Å². The molecule has 0 aliphatic rings. The SMILES string of the molecule is FC(F)Oc1cc([B-](F)(F)F)ccn1. The summed E-state index contributed by atoms with van der Waals surface area (Å²) in [6.45, 7) is -8.40. The number of pyridine rings is 1. The second-order valence-corrected chi connectivity index (χ2v) is 2.38. The van der Waals surface area contributed by atoms with Crippen LogP contribution in [0.15, 0.2) is 18.3 Å². The maximum Gasteiger partial charge on any atom is 0.509 e. The van der Waals surface area contributed by atoms with Crippen molar-refractivity contribution in [3.8, 4) is 5.88 Å². The second kappa shape index (κ2) is 3.81. The molecule has 0 N–H and O–H groups in total. The number of hydrogen-bond acceptors (Lipinski definition) is 2. The molecule has 2 nitrogen and oxygen atoms in total. The van der Waals surface area contributed by atoms with Crippen molar-refractivity contribution in [2.75, 3.05) is 0 Å². The van der Waals surface area contributed by atoms with Gasteiger partial charge in [-0.15, -0.1) is 5.46 Å². The summed E-state index contributed by atoms with van der Waals surface area (Å²) >= 11 is 0. The van der Waals surface area contributed by atoms with E-state index in [1.165, 1.54) is 0 Å². The highest BCUT2D eigenvalue weighted by molar-refractivity contribution is 6.73. The predicted octanol–water partition coefficient (Wildman–Crippen LogP) is 1.74. The fourth-order valence-electron chi connectivity index (χ4n) is 0.784. The number of nitrogens with zero attached hydrogens (tertiary/aromatic N) is 1. The lowest BCUT2D eigenvalue weighted by Gasteiger charge is -2.14. The van der Waals surface area contributed by atoms with Gasteiger partial charge in [-0.25, -0.2) is 4.98 Å². The summed E-state index contributed by atoms with van der Waals surface area (Å²) in [5.41, 5.74) is -1.02. The highest BCUT2D eigenvalue weighted by Crippen LogP contribution is 2.13. The number of ether oxygens (including phenoxy) is 1. The Balaban J connectivity index is 2.90. The minimum Gasteiger partial charge on any atom is -0.445 e. The Morgan fingerprint density at radius 1 is 1.29 bits per heavy atom. The molecular formula is C6H4BF5NO-. The lowest BCUT2D eigenvalue weighted by Crippen LogP contribution is -2.34. The first-order valence-corrected chi connectivity index (χ1v) is 3.50. The van der Waals surface area contributed by atoms with E-state index in [9.17, 15) is 21.7 Å². The van der Waals surface area contributed by atoms with Crippen LogP contribution in [0.5, 0.6) is 5.88 Å². The van der Waals surface area contributed by atoms with Crippen LogP contribution in [0.2, 0.25) is 0 Å². The Morgan fingerprint density at radius 3 is 2.43 bits per heavy atom. The van der Waals surface area contributed by atoms with Crippen LogP contribution >= 0.6 is 0 Å². The van der Waals surface area contributed by atoms with E-state index in [1.54, 1.807) is 0 Å². The van der Waals surface area contributed by atoms with Gasteiger partial charge in [0.1, 0.15) is 0 Å². The Bertz CT molecular complexity index is 315. The zero-order valence-corrected chi connectivity index (χ0v) is 6.63. The van der Waals surface area contributed by atoms with Crippen molar-refractivity contribution in [3.05, 3.63) is 18.3 Å². The van der Waals surface area contributed by atoms with Crippen LogP contribution in [-0.2, 0) is 0 Å². The van der Waals surface area contributed by atoms with Gasteiger partial charge in [-0.2, -0.15) is 8.78 Å². The largest absolute Gasteiger partial charge is 0.509 e. The zero-order chi connectivity index (χ0) is 10.8. The molecule has 0 aliphatic heterocycles. The van der Waals surface area contributed by atoms with E-state index in [4.69, 9.17) is 0 Å². The maximum atomic E-state index is 12.1. The molecule has 1 heterocycles. The summed E-state index contributed by atoms with van der Waals surface area (Å²) in [5.74, 6) is -0.739. The van der Waals surface area contributed by atoms with Gasteiger partial charge in [0.15, 0.2) is 0 Å². The summed E-state index contributed by atoms with van der Waals surface area (Å²) in [7, 11) is 0. The molecule has 78 valence electrons. The molecule has 0 radical (unpaired) electrons. The van der Waals surface area contributed by atoms with Crippen LogP contribution in [0.1, 0.15) is 0 Å². The van der Waals surface area contributed by atoms with Crippen molar-refractivity contribution in [3.63, 3.8) is 0 Å². The van der Waals surface area contributed by atoms with Crippen LogP contribution in [0.4, 0.5) is 21.7 Å². The smallest absolute Gasteiger partial charge is 0.445 e. The topological polar surface area (TPSA) is 22.1 Å². The monoisotopic (exact) mass is 212 g/mol. The Kier molecular flexibility index (Phi) is 2.92. The van der Waals surface area contributed by atoms with Crippen molar-refractivity contribution in [2.45, 2.75) is 6.61 Å². The summed E-state index contributed by atoms with van der Waals surface area (Å²) in [6.07, 6.45) is 0.766. The van der Waals surface area contributed by atoms with Crippen molar-refractivity contribution < 1.29 is 26.5 Å². The number of alkyl halides is 2. The van der Waals surface area contributed by atoms with Gasteiger partial charge < -0.3 is 17.7 Å². The molecule has 1 aromatic rings. The molecule has 0 bridgehead atoms. The van der Waals surface area contributed by atoms with Gasteiger partial charge >= 0.3 is 13.6 Å². The van der Waals surface area contributed by atoms with E-state index in [0.717, 1.165) is 6.20 Å². The average Bonchev–Trinajstić information content (AvgIpc) is 2.01. The summed E-state index contributed by atoms with van der Waals surface area (Å²) < 4.78 is 63.2. The second-order valence-electron chi connectivity index (χ2n) is 2.38. The van der Waals surface area contributed by atoms with Gasteiger partial charge in [-0.05, 0) is 6.07 Å². The van der Waals surface area contributed by atoms with Crippen LogP contribution < -0.4 is 10.2 Å². The van der Waals surface area contributed by atoms with Crippen molar-refractivity contribution in [1.82, 2.24) is 4.98 Å². The molecule has 0 aliphatic carbocycles. The third-order valence-electron chi connectivity index (χ3n) is 1.35. The molecule has 1 rings (SSSR count). The highest BCUT2D eigenvalue weighted by atomic mass is 19.4. The lowest BCUT2D eigenvalue weighted by molar-refractivity contribution is -0.0528. The molecule has 1 aromatic heterocycles. The minimum atomic E-state index is -5.22. The van der Waals surface area contributed by atoms with Crippen LogP contribution in [0.3, 0.4) is 0 Å². The first kappa shape index (κ1) is 10.7. The standard InChI is InChI=1S/C6H4BF5NO/c8-6(9)14-5-3-4(1-2-13-5)7(10,11)12/h1-3,6H/q-1. The van der Waals surface area contributed by atoms with Crippen LogP contribution in [0.25, 0.3) is 0 Å². The van der Waals surface area contributed by atoms with Crippen molar-refractivity contribution >= 4 is 12.4 Å². The van der Waals surface area contributed by atoms with E-state index in [2.05, 4.69) is 9.72 Å². The normalized spacial score (nSPS) is 11.9. The van der Waals surface area contributed by atoms with E-state index in [0.29, 0.717) is 12.1 Å². The molecule has 0 spiro atoms. The Hall–Kier alpha value is -1.34. The highest BCUT2D eigenvalue weighted by Gasteiger charge is 2.26. The molecular weight excluding hydrogens is 208 g/mol. The summed E-state index contributed by atoms with van der Waals surface area (Å²) in [4.78, 5) is 3.20. The number of hydrogen-bond donors (Lipinski definition) is 0. The van der Waals surface area contributed by atoms with E-state index < -0.39 is 24.9 Å². The number of halogens is 5. The van der Waals surface area contributed by atoms with Gasteiger partial charge in [-0.1, -0.05) is 6.07 Å². The van der Waals surface area contributed by atoms with Crippen LogP contribution in [0, 0.1) is 0 Å². The third-order valence-corrected chi connectivity index (χ3v) is 1.35. The predicted molar refractivity (Wildman–Crippen MR) is 39.6 cm³/mol. The van der Waals surface area contributed by atoms with E-state index in [1.807, 2.05) is 0 Å². The van der Waals surface area contributed by atoms with Gasteiger partial charge in [0.2, 0.25) is 5.88 Å². The van der Waals surface area contributed by atoms with E-state index in [-0.39, 0.29) is 0 Å². The molecule has 0 saturated heterocycles. The summed E-state index contributed by atoms with van der Waals surface area (Å²) in [5, 5.41) is 0. The molecule has 0 atom stereocenters. The average molecular weight is 212 g/mol. The number of rotatable bonds is 3. The van der Waals surface area contributed by atoms with Gasteiger partial charge in [0, 0.05) is 6.20 Å². The molecule has 0 aromatic carbocycles. The Morgan fingerprint density at radius 2 is 1.93 bits per heavy atom. The van der Waals surface area contributed by atoms with Gasteiger partial charge in [0.05, 0.1) is 0 Å². The Labute approximate surface area is 75.8 Å². The van der Waals surface area contributed by atoms with Gasteiger partial charge in [-0.3, -0.25) is 0 Å². The minimum absolute atomic E-state index is 0.437. The zero-order valence-electron chi connectivity index (χ0n) is 6.63. The summed E-state index contributed by atoms with van der Waals surface area (Å²) in [6, 6.07) is 1.13. The molecule has 0 fully saturated rings. The van der Waals surface area contributed by atoms with Gasteiger partial charge in [0.25, 0.3) is 0 Å². The molecule has 14 heavy (non-hydrogen) atoms. The molecule has 0 unspecified atom stereocenters. The lowest BCUT2D eigenvalue weighted by atomic mass is 9.81. The molecule has 0 saturated carbocycles. The van der Waals surface area contributed by atoms with E-state index >= 15 is 0 Å². The first-order valence-electron chi connectivity index (χ1n) is 3.50. The van der Waals surface area contributed by atoms with Crippen LogP contribution in [-0.4, -0.2) is 18.6 Å². The fourth-order valence-corrected chi connectivity index (χ4v) is 0.784. The molecule has 0 amide bonds. The molecule has 8 heteroatoms. The fraction of sp³-hybridized carbons (Fsp3) is 0.167. The first-order chi connectivity index (χ1) is 6.39. The number of aromatic nitrogens is 1.